The number of carbonyl (C=O) groups excluding carboxylic acids is 3. The number of likely N-dealkylation sites (tertiary alicyclic amines) is 1. The summed E-state index contributed by atoms with van der Waals surface area (Å²) < 4.78 is 6.55. The number of ether oxygens (including phenoxy) is 1. The highest BCUT2D eigenvalue weighted by Gasteiger charge is 2.72. The maximum Gasteiger partial charge on any atom is 0.246 e. The Morgan fingerprint density at radius 2 is 1.89 bits per heavy atom. The molecule has 0 aromatic heterocycles. The monoisotopic (exact) mass is 632 g/mol. The minimum Gasteiger partial charge on any atom is -0.359 e. The first-order valence-corrected chi connectivity index (χ1v) is 16.9. The van der Waals surface area contributed by atoms with Gasteiger partial charge in [-0.1, -0.05) is 93.8 Å². The summed E-state index contributed by atoms with van der Waals surface area (Å²) in [6.07, 6.45) is 7.00. The number of fused-ring (bicyclic) bond motifs is 1. The van der Waals surface area contributed by atoms with E-state index in [0.717, 1.165) is 38.9 Å². The molecular weight excluding hydrogens is 588 g/mol. The number of hydrogen-bond donors (Lipinski definition) is 2. The first-order chi connectivity index (χ1) is 21.7. The molecule has 8 nitrogen and oxygen atoms in total. The van der Waals surface area contributed by atoms with Gasteiger partial charge in [-0.15, -0.1) is 0 Å². The van der Waals surface area contributed by atoms with Crippen LogP contribution in [0.4, 0.5) is 5.69 Å². The predicted octanol–water partition coefficient (Wildman–Crippen LogP) is 5.28. The van der Waals surface area contributed by atoms with Crippen molar-refractivity contribution >= 4 is 35.0 Å². The third kappa shape index (κ3) is 6.17. The lowest BCUT2D eigenvalue weighted by atomic mass is 9.73. The highest BCUT2D eigenvalue weighted by molar-refractivity contribution is 6.30. The maximum absolute atomic E-state index is 14.4. The van der Waals surface area contributed by atoms with Gasteiger partial charge in [0.1, 0.15) is 11.6 Å². The van der Waals surface area contributed by atoms with Crippen LogP contribution < -0.4 is 10.6 Å². The van der Waals surface area contributed by atoms with E-state index in [9.17, 15) is 14.4 Å². The zero-order valence-corrected chi connectivity index (χ0v) is 27.2. The van der Waals surface area contributed by atoms with Crippen molar-refractivity contribution in [2.75, 3.05) is 25.0 Å². The van der Waals surface area contributed by atoms with Crippen molar-refractivity contribution in [3.8, 4) is 0 Å². The van der Waals surface area contributed by atoms with Crippen molar-refractivity contribution in [3.63, 3.8) is 0 Å². The smallest absolute Gasteiger partial charge is 0.246 e. The van der Waals surface area contributed by atoms with Crippen molar-refractivity contribution in [1.82, 2.24) is 15.1 Å². The molecule has 1 saturated carbocycles. The molecule has 2 bridgehead atoms. The molecule has 8 atom stereocenters. The van der Waals surface area contributed by atoms with Gasteiger partial charge in [-0.3, -0.25) is 19.3 Å². The van der Waals surface area contributed by atoms with Crippen LogP contribution >= 0.6 is 11.6 Å². The lowest BCUT2D eigenvalue weighted by Crippen LogP contribution is -2.58. The molecule has 4 aliphatic rings. The van der Waals surface area contributed by atoms with Crippen molar-refractivity contribution in [3.05, 3.63) is 77.3 Å². The standard InChI is InChI=1S/C36H45ClN4O4/c1-4-40(22-25-12-6-5-7-13-25)19-10-20-41-32(34(43)39-28-16-8-11-23(2)24(28)3)36-18-17-29(45-36)30(31(36)35(41)44)33(42)38-27-15-9-14-26(37)21-27/h5-7,9,12-15,17-18,21,23-24,28-32H,4,8,10-11,16,19-20,22H2,1-3H3,(H,38,42)(H,39,43)/t23-,24+,28+,29+,30+,31+,32-,36-/m0/s1. The molecule has 2 aromatic carbocycles. The first-order valence-electron chi connectivity index (χ1n) is 16.5. The van der Waals surface area contributed by atoms with E-state index in [4.69, 9.17) is 16.3 Å². The van der Waals surface area contributed by atoms with Gasteiger partial charge in [0.15, 0.2) is 0 Å². The molecule has 1 aliphatic carbocycles. The van der Waals surface area contributed by atoms with Gasteiger partial charge in [-0.05, 0) is 55.0 Å². The van der Waals surface area contributed by atoms with Crippen LogP contribution in [0, 0.1) is 23.7 Å². The summed E-state index contributed by atoms with van der Waals surface area (Å²) in [5, 5.41) is 6.80. The van der Waals surface area contributed by atoms with Crippen LogP contribution in [0.1, 0.15) is 52.0 Å². The maximum atomic E-state index is 14.4. The number of nitrogens with zero attached hydrogens (tertiary/aromatic N) is 2. The zero-order chi connectivity index (χ0) is 31.7. The molecule has 3 fully saturated rings. The highest BCUT2D eigenvalue weighted by Crippen LogP contribution is 2.55. The molecule has 6 rings (SSSR count). The van der Waals surface area contributed by atoms with Crippen LogP contribution in [-0.2, 0) is 25.7 Å². The fraction of sp³-hybridized carbons (Fsp3) is 0.528. The third-order valence-corrected chi connectivity index (χ3v) is 10.9. The summed E-state index contributed by atoms with van der Waals surface area (Å²) in [7, 11) is 0. The fourth-order valence-electron chi connectivity index (χ4n) is 8.00. The van der Waals surface area contributed by atoms with E-state index < -0.39 is 29.6 Å². The summed E-state index contributed by atoms with van der Waals surface area (Å²) in [5.74, 6) is -1.36. The Labute approximate surface area is 271 Å². The van der Waals surface area contributed by atoms with E-state index in [1.165, 1.54) is 5.56 Å². The number of halogens is 1. The Hall–Kier alpha value is -3.20. The van der Waals surface area contributed by atoms with Crippen LogP contribution in [0.2, 0.25) is 5.02 Å². The second kappa shape index (κ2) is 13.3. The third-order valence-electron chi connectivity index (χ3n) is 10.6. The summed E-state index contributed by atoms with van der Waals surface area (Å²) in [6, 6.07) is 16.5. The molecule has 2 N–H and O–H groups in total. The lowest BCUT2D eigenvalue weighted by molar-refractivity contribution is -0.141. The number of benzene rings is 2. The minimum absolute atomic E-state index is 0.0413. The van der Waals surface area contributed by atoms with Crippen molar-refractivity contribution < 1.29 is 19.1 Å². The van der Waals surface area contributed by atoms with E-state index in [0.29, 0.717) is 35.5 Å². The Kier molecular flexibility index (Phi) is 9.37. The van der Waals surface area contributed by atoms with Crippen LogP contribution in [0.5, 0.6) is 0 Å². The molecule has 0 radical (unpaired) electrons. The normalized spacial score (nSPS) is 31.8. The largest absolute Gasteiger partial charge is 0.359 e. The quantitative estimate of drug-likeness (QED) is 0.329. The van der Waals surface area contributed by atoms with E-state index in [1.54, 1.807) is 29.2 Å². The molecule has 0 unspecified atom stereocenters. The summed E-state index contributed by atoms with van der Waals surface area (Å²) in [4.78, 5) is 46.5. The van der Waals surface area contributed by atoms with Crippen LogP contribution in [0.15, 0.2) is 66.7 Å². The van der Waals surface area contributed by atoms with Gasteiger partial charge in [-0.2, -0.15) is 0 Å². The van der Waals surface area contributed by atoms with Crippen LogP contribution in [-0.4, -0.2) is 70.9 Å². The second-order valence-corrected chi connectivity index (χ2v) is 13.8. The topological polar surface area (TPSA) is 91.0 Å². The van der Waals surface area contributed by atoms with Crippen LogP contribution in [0.3, 0.4) is 0 Å². The SMILES string of the molecule is CCN(CCCN1C(=O)[C@H]2[C@H](C(=O)Nc3cccc(Cl)c3)[C@H]3C=C[C@@]2(O3)[C@@H]1C(=O)N[C@@H]1CCC[C@H](C)[C@H]1C)Cc1ccccc1. The van der Waals surface area contributed by atoms with Gasteiger partial charge in [0, 0.05) is 36.4 Å². The van der Waals surface area contributed by atoms with E-state index in [2.05, 4.69) is 48.4 Å². The molecule has 240 valence electrons. The molecule has 3 amide bonds. The molecule has 2 aromatic rings. The lowest BCUT2D eigenvalue weighted by Gasteiger charge is -2.38. The van der Waals surface area contributed by atoms with E-state index >= 15 is 0 Å². The molecule has 3 heterocycles. The molecule has 2 saturated heterocycles. The number of anilines is 1. The van der Waals surface area contributed by atoms with Gasteiger partial charge < -0.3 is 20.3 Å². The fourth-order valence-corrected chi connectivity index (χ4v) is 8.19. The first kappa shape index (κ1) is 31.8. The summed E-state index contributed by atoms with van der Waals surface area (Å²) >= 11 is 6.17. The Bertz CT molecular complexity index is 1440. The highest BCUT2D eigenvalue weighted by atomic mass is 35.5. The minimum atomic E-state index is -1.18. The number of carbonyl (C=O) groups is 3. The number of amides is 3. The number of nitrogens with one attached hydrogen (secondary N) is 2. The molecular formula is C36H45ClN4O4. The average molecular weight is 633 g/mol. The van der Waals surface area contributed by atoms with Gasteiger partial charge in [0.25, 0.3) is 0 Å². The second-order valence-electron chi connectivity index (χ2n) is 13.3. The summed E-state index contributed by atoms with van der Waals surface area (Å²) in [6.45, 7) is 9.45. The van der Waals surface area contributed by atoms with E-state index in [1.807, 2.05) is 30.4 Å². The van der Waals surface area contributed by atoms with Crippen molar-refractivity contribution in [2.24, 2.45) is 23.7 Å². The molecule has 45 heavy (non-hydrogen) atoms. The number of rotatable bonds is 11. The van der Waals surface area contributed by atoms with Gasteiger partial charge in [0.05, 0.1) is 17.9 Å². The Morgan fingerprint density at radius 1 is 1.09 bits per heavy atom. The summed E-state index contributed by atoms with van der Waals surface area (Å²) in [5.41, 5.74) is 0.616. The van der Waals surface area contributed by atoms with Gasteiger partial charge in [-0.25, -0.2) is 0 Å². The van der Waals surface area contributed by atoms with Crippen LogP contribution in [0.25, 0.3) is 0 Å². The average Bonchev–Trinajstić information content (AvgIpc) is 3.67. The Morgan fingerprint density at radius 3 is 2.64 bits per heavy atom. The van der Waals surface area contributed by atoms with E-state index in [-0.39, 0.29) is 23.8 Å². The Balaban J connectivity index is 1.24. The van der Waals surface area contributed by atoms with Crippen molar-refractivity contribution in [2.45, 2.75) is 76.8 Å². The zero-order valence-electron chi connectivity index (χ0n) is 26.5. The van der Waals surface area contributed by atoms with Gasteiger partial charge >= 0.3 is 0 Å². The molecule has 3 aliphatic heterocycles. The van der Waals surface area contributed by atoms with Crippen molar-refractivity contribution in [1.29, 1.82) is 0 Å². The number of hydrogen-bond acceptors (Lipinski definition) is 5. The predicted molar refractivity (Wildman–Crippen MR) is 175 cm³/mol. The van der Waals surface area contributed by atoms with Gasteiger partial charge in [0.2, 0.25) is 17.7 Å². The molecule has 1 spiro atoms. The molecule has 9 heteroatoms.